The molecule has 0 aliphatic heterocycles. The molecule has 2 nitrogen and oxygen atoms in total. The summed E-state index contributed by atoms with van der Waals surface area (Å²) in [5, 5.41) is 1.18. The predicted octanol–water partition coefficient (Wildman–Crippen LogP) is 0.754. The van der Waals surface area contributed by atoms with Gasteiger partial charge in [-0.25, -0.2) is 9.13 Å². The van der Waals surface area contributed by atoms with E-state index in [-0.39, 0.29) is 24.0 Å². The van der Waals surface area contributed by atoms with Crippen LogP contribution in [0.3, 0.4) is 0 Å². The second-order valence-electron chi connectivity index (χ2n) is 3.95. The molecule has 2 aromatic rings. The van der Waals surface area contributed by atoms with E-state index in [0.717, 1.165) is 24.1 Å². The van der Waals surface area contributed by atoms with Crippen LogP contribution in [0.5, 0.6) is 0 Å². The number of aryl methyl sites for hydroxylation is 1. The maximum absolute atomic E-state index is 6.08. The highest BCUT2D eigenvalue weighted by Gasteiger charge is 2.21. The smallest absolute Gasteiger partial charge is 0.254 e. The van der Waals surface area contributed by atoms with Gasteiger partial charge in [0, 0.05) is 19.1 Å². The van der Waals surface area contributed by atoms with Crippen molar-refractivity contribution in [3.05, 3.63) is 40.7 Å². The standard InChI is InChI=1S/C13H15Cl2N2.HI/c1-4-6-17-9(3)16(5-2)12-7-10(14)11(15)8-13(12)17;/h4,7-8H,1,5-6H2,2-3H3;1H/q+1;/p-1. The van der Waals surface area contributed by atoms with Gasteiger partial charge in [-0.05, 0) is 6.92 Å². The zero-order valence-corrected chi connectivity index (χ0v) is 14.1. The van der Waals surface area contributed by atoms with Gasteiger partial charge in [-0.1, -0.05) is 35.9 Å². The third kappa shape index (κ3) is 2.53. The zero-order valence-electron chi connectivity index (χ0n) is 10.4. The molecule has 0 spiro atoms. The molecule has 0 fully saturated rings. The summed E-state index contributed by atoms with van der Waals surface area (Å²) in [6, 6.07) is 3.84. The number of benzene rings is 1. The Hall–Kier alpha value is -0.260. The number of halogens is 3. The summed E-state index contributed by atoms with van der Waals surface area (Å²) in [7, 11) is 0. The molecule has 1 heterocycles. The molecule has 0 saturated heterocycles. The number of rotatable bonds is 3. The number of allylic oxidation sites excluding steroid dienone is 1. The number of imidazole rings is 1. The van der Waals surface area contributed by atoms with Crippen LogP contribution in [-0.4, -0.2) is 4.57 Å². The van der Waals surface area contributed by atoms with E-state index < -0.39 is 0 Å². The Balaban J connectivity index is 0.00000162. The Kier molecular flexibility index (Phi) is 5.49. The summed E-state index contributed by atoms with van der Waals surface area (Å²) < 4.78 is 4.41. The van der Waals surface area contributed by atoms with E-state index in [1.54, 1.807) is 0 Å². The molecule has 0 amide bonds. The zero-order chi connectivity index (χ0) is 12.6. The van der Waals surface area contributed by atoms with E-state index >= 15 is 0 Å². The van der Waals surface area contributed by atoms with Crippen molar-refractivity contribution < 1.29 is 28.5 Å². The van der Waals surface area contributed by atoms with Crippen molar-refractivity contribution in [3.63, 3.8) is 0 Å². The van der Waals surface area contributed by atoms with Crippen LogP contribution < -0.4 is 28.5 Å². The molecule has 1 aromatic heterocycles. The summed E-state index contributed by atoms with van der Waals surface area (Å²) in [6.07, 6.45) is 1.88. The van der Waals surface area contributed by atoms with Gasteiger partial charge in [0.15, 0.2) is 11.0 Å². The van der Waals surface area contributed by atoms with Gasteiger partial charge in [-0.15, -0.1) is 0 Å². The molecular formula is C13H15Cl2IN2. The average Bonchev–Trinajstić information content (AvgIpc) is 2.54. The van der Waals surface area contributed by atoms with Crippen LogP contribution in [0.1, 0.15) is 12.7 Å². The van der Waals surface area contributed by atoms with Gasteiger partial charge in [0.05, 0.1) is 16.6 Å². The number of fused-ring (bicyclic) bond motifs is 1. The first-order chi connectivity index (χ1) is 8.10. The van der Waals surface area contributed by atoms with Crippen LogP contribution in [-0.2, 0) is 13.1 Å². The first kappa shape index (κ1) is 15.8. The minimum absolute atomic E-state index is 0. The molecule has 0 N–H and O–H groups in total. The maximum atomic E-state index is 6.08. The topological polar surface area (TPSA) is 8.81 Å². The van der Waals surface area contributed by atoms with Gasteiger partial charge in [-0.2, -0.15) is 0 Å². The fourth-order valence-electron chi connectivity index (χ4n) is 2.21. The van der Waals surface area contributed by atoms with E-state index in [1.807, 2.05) is 18.2 Å². The van der Waals surface area contributed by atoms with Gasteiger partial charge in [-0.3, -0.25) is 0 Å². The number of hydrogen-bond acceptors (Lipinski definition) is 0. The van der Waals surface area contributed by atoms with Gasteiger partial charge in [0.2, 0.25) is 0 Å². The Morgan fingerprint density at radius 3 is 2.50 bits per heavy atom. The molecule has 0 radical (unpaired) electrons. The van der Waals surface area contributed by atoms with E-state index in [0.29, 0.717) is 10.0 Å². The minimum Gasteiger partial charge on any atom is -1.00 e. The molecule has 18 heavy (non-hydrogen) atoms. The van der Waals surface area contributed by atoms with E-state index in [2.05, 4.69) is 29.6 Å². The van der Waals surface area contributed by atoms with E-state index in [9.17, 15) is 0 Å². The third-order valence-electron chi connectivity index (χ3n) is 3.01. The van der Waals surface area contributed by atoms with Gasteiger partial charge >= 0.3 is 0 Å². The van der Waals surface area contributed by atoms with Crippen molar-refractivity contribution in [2.75, 3.05) is 0 Å². The molecule has 0 aliphatic rings. The van der Waals surface area contributed by atoms with Crippen LogP contribution in [0.15, 0.2) is 24.8 Å². The van der Waals surface area contributed by atoms with E-state index in [1.165, 1.54) is 5.82 Å². The molecule has 5 heteroatoms. The highest BCUT2D eigenvalue weighted by Crippen LogP contribution is 2.27. The molecule has 98 valence electrons. The number of hydrogen-bond donors (Lipinski definition) is 0. The molecule has 0 atom stereocenters. The number of aromatic nitrogens is 2. The van der Waals surface area contributed by atoms with Crippen molar-refractivity contribution in [1.29, 1.82) is 0 Å². The normalized spacial score (nSPS) is 10.4. The number of nitrogens with zero attached hydrogens (tertiary/aromatic N) is 2. The molecule has 0 unspecified atom stereocenters. The fourth-order valence-corrected chi connectivity index (χ4v) is 2.53. The van der Waals surface area contributed by atoms with Crippen molar-refractivity contribution in [1.82, 2.24) is 4.57 Å². The maximum Gasteiger partial charge on any atom is 0.254 e. The van der Waals surface area contributed by atoms with E-state index in [4.69, 9.17) is 23.2 Å². The van der Waals surface area contributed by atoms with Crippen molar-refractivity contribution >= 4 is 34.2 Å². The van der Waals surface area contributed by atoms with Crippen molar-refractivity contribution in [2.45, 2.75) is 26.9 Å². The molecular weight excluding hydrogens is 382 g/mol. The quantitative estimate of drug-likeness (QED) is 0.411. The largest absolute Gasteiger partial charge is 1.00 e. The highest BCUT2D eigenvalue weighted by molar-refractivity contribution is 6.42. The summed E-state index contributed by atoms with van der Waals surface area (Å²) in [4.78, 5) is 0. The van der Waals surface area contributed by atoms with Gasteiger partial charge < -0.3 is 24.0 Å². The second-order valence-corrected chi connectivity index (χ2v) is 4.76. The lowest BCUT2D eigenvalue weighted by Crippen LogP contribution is -3.00. The third-order valence-corrected chi connectivity index (χ3v) is 3.73. The Morgan fingerprint density at radius 1 is 1.33 bits per heavy atom. The van der Waals surface area contributed by atoms with Crippen LogP contribution in [0, 0.1) is 6.92 Å². The minimum atomic E-state index is 0. The average molecular weight is 397 g/mol. The Morgan fingerprint density at radius 2 is 1.94 bits per heavy atom. The van der Waals surface area contributed by atoms with Crippen molar-refractivity contribution in [3.8, 4) is 0 Å². The molecule has 0 bridgehead atoms. The fraction of sp³-hybridized carbons (Fsp3) is 0.308. The molecule has 0 aliphatic carbocycles. The molecule has 1 aromatic carbocycles. The first-order valence-electron chi connectivity index (χ1n) is 5.58. The van der Waals surface area contributed by atoms with Crippen LogP contribution >= 0.6 is 23.2 Å². The lowest BCUT2D eigenvalue weighted by atomic mass is 10.3. The molecule has 0 saturated carbocycles. The second kappa shape index (κ2) is 6.26. The summed E-state index contributed by atoms with van der Waals surface area (Å²) in [6.45, 7) is 9.68. The van der Waals surface area contributed by atoms with Gasteiger partial charge in [0.1, 0.15) is 6.54 Å². The molecule has 2 rings (SSSR count). The summed E-state index contributed by atoms with van der Waals surface area (Å²) in [5.74, 6) is 1.18. The lowest BCUT2D eigenvalue weighted by molar-refractivity contribution is -0.668. The monoisotopic (exact) mass is 396 g/mol. The van der Waals surface area contributed by atoms with Crippen molar-refractivity contribution in [2.24, 2.45) is 0 Å². The predicted molar refractivity (Wildman–Crippen MR) is 72.8 cm³/mol. The SMILES string of the molecule is C=CC[n+]1c(C)n(CC)c2cc(Cl)c(Cl)cc21.[I-]. The summed E-state index contributed by atoms with van der Waals surface area (Å²) >= 11 is 12.2. The Labute approximate surface area is 134 Å². The lowest BCUT2D eigenvalue weighted by Gasteiger charge is -1.96. The van der Waals surface area contributed by atoms with Crippen LogP contribution in [0.4, 0.5) is 0 Å². The summed E-state index contributed by atoms with van der Waals surface area (Å²) in [5.41, 5.74) is 2.21. The van der Waals surface area contributed by atoms with Crippen LogP contribution in [0.2, 0.25) is 10.0 Å². The first-order valence-corrected chi connectivity index (χ1v) is 6.34. The highest BCUT2D eigenvalue weighted by atomic mass is 127. The van der Waals surface area contributed by atoms with Crippen LogP contribution in [0.25, 0.3) is 11.0 Å². The van der Waals surface area contributed by atoms with Gasteiger partial charge in [0.25, 0.3) is 5.82 Å². The Bertz CT molecular complexity index is 590.